The van der Waals surface area contributed by atoms with Crippen molar-refractivity contribution in [3.05, 3.63) is 29.8 Å². The van der Waals surface area contributed by atoms with Gasteiger partial charge >= 0.3 is 18.1 Å². The molecule has 152 valence electrons. The second-order valence-electron chi connectivity index (χ2n) is 7.94. The number of esters is 1. The molecule has 2 aliphatic heterocycles. The number of hydrogen-bond donors (Lipinski definition) is 0. The standard InChI is InChI=1S/C20H27N3O5/c1-5-27-17(24)14-7-6-8-15(11-14)23-13-16-12-21(9-10-22(16)18(23)25)19(26)28-20(2,3)4/h6-8,11,16H,5,9-10,12-13H2,1-4H3. The zero-order chi connectivity index (χ0) is 20.5. The largest absolute Gasteiger partial charge is 0.462 e. The lowest BCUT2D eigenvalue weighted by molar-refractivity contribution is 0.0128. The lowest BCUT2D eigenvalue weighted by Gasteiger charge is -2.36. The van der Waals surface area contributed by atoms with Gasteiger partial charge in [-0.1, -0.05) is 6.07 Å². The molecule has 1 unspecified atom stereocenters. The molecule has 2 fully saturated rings. The van der Waals surface area contributed by atoms with Gasteiger partial charge in [-0.25, -0.2) is 14.4 Å². The summed E-state index contributed by atoms with van der Waals surface area (Å²) in [4.78, 5) is 42.3. The second kappa shape index (κ2) is 7.69. The lowest BCUT2D eigenvalue weighted by atomic mass is 10.1. The first-order valence-corrected chi connectivity index (χ1v) is 9.53. The molecule has 2 heterocycles. The molecule has 1 aromatic carbocycles. The number of nitrogens with zero attached hydrogens (tertiary/aromatic N) is 3. The van der Waals surface area contributed by atoms with E-state index in [0.717, 1.165) is 0 Å². The molecule has 2 aliphatic rings. The van der Waals surface area contributed by atoms with Crippen LogP contribution in [0.3, 0.4) is 0 Å². The van der Waals surface area contributed by atoms with Crippen molar-refractivity contribution in [1.29, 1.82) is 0 Å². The predicted molar refractivity (Wildman–Crippen MR) is 103 cm³/mol. The summed E-state index contributed by atoms with van der Waals surface area (Å²) in [6, 6.07) is 6.64. The summed E-state index contributed by atoms with van der Waals surface area (Å²) < 4.78 is 10.5. The summed E-state index contributed by atoms with van der Waals surface area (Å²) in [5, 5.41) is 0. The predicted octanol–water partition coefficient (Wildman–Crippen LogP) is 2.72. The van der Waals surface area contributed by atoms with Crippen LogP contribution in [0.5, 0.6) is 0 Å². The fourth-order valence-corrected chi connectivity index (χ4v) is 3.43. The second-order valence-corrected chi connectivity index (χ2v) is 7.94. The quantitative estimate of drug-likeness (QED) is 0.743. The van der Waals surface area contributed by atoms with Gasteiger partial charge in [0.05, 0.1) is 18.2 Å². The maximum absolute atomic E-state index is 12.9. The van der Waals surface area contributed by atoms with Gasteiger partial charge in [-0.05, 0) is 45.9 Å². The van der Waals surface area contributed by atoms with Crippen molar-refractivity contribution in [3.8, 4) is 0 Å². The number of hydrogen-bond acceptors (Lipinski definition) is 5. The van der Waals surface area contributed by atoms with E-state index >= 15 is 0 Å². The number of fused-ring (bicyclic) bond motifs is 1. The van der Waals surface area contributed by atoms with Crippen LogP contribution in [-0.2, 0) is 9.47 Å². The van der Waals surface area contributed by atoms with E-state index in [1.807, 2.05) is 20.8 Å². The SMILES string of the molecule is CCOC(=O)c1cccc(N2CC3CN(C(=O)OC(C)(C)C)CCN3C2=O)c1. The van der Waals surface area contributed by atoms with Gasteiger partial charge in [-0.2, -0.15) is 0 Å². The molecule has 28 heavy (non-hydrogen) atoms. The van der Waals surface area contributed by atoms with Crippen LogP contribution >= 0.6 is 0 Å². The van der Waals surface area contributed by atoms with Crippen LogP contribution in [0.25, 0.3) is 0 Å². The Morgan fingerprint density at radius 3 is 2.61 bits per heavy atom. The van der Waals surface area contributed by atoms with Crippen molar-refractivity contribution in [2.24, 2.45) is 0 Å². The maximum atomic E-state index is 12.9. The summed E-state index contributed by atoms with van der Waals surface area (Å²) in [6.07, 6.45) is -0.359. The topological polar surface area (TPSA) is 79.4 Å². The van der Waals surface area contributed by atoms with E-state index in [0.29, 0.717) is 44.0 Å². The third-order valence-corrected chi connectivity index (χ3v) is 4.67. The van der Waals surface area contributed by atoms with Crippen molar-refractivity contribution < 1.29 is 23.9 Å². The zero-order valence-corrected chi connectivity index (χ0v) is 16.8. The van der Waals surface area contributed by atoms with E-state index < -0.39 is 11.6 Å². The summed E-state index contributed by atoms with van der Waals surface area (Å²) in [5.41, 5.74) is 0.500. The highest BCUT2D eigenvalue weighted by atomic mass is 16.6. The van der Waals surface area contributed by atoms with Crippen molar-refractivity contribution >= 4 is 23.8 Å². The van der Waals surface area contributed by atoms with Gasteiger partial charge < -0.3 is 19.3 Å². The molecule has 3 rings (SSSR count). The molecule has 8 heteroatoms. The van der Waals surface area contributed by atoms with Gasteiger partial charge in [0.25, 0.3) is 0 Å². The average molecular weight is 389 g/mol. The van der Waals surface area contributed by atoms with Crippen LogP contribution in [0.1, 0.15) is 38.1 Å². The number of rotatable bonds is 3. The highest BCUT2D eigenvalue weighted by Gasteiger charge is 2.43. The molecule has 0 radical (unpaired) electrons. The normalized spacial score (nSPS) is 19.5. The van der Waals surface area contributed by atoms with Crippen molar-refractivity contribution in [3.63, 3.8) is 0 Å². The molecular formula is C20H27N3O5. The average Bonchev–Trinajstić information content (AvgIpc) is 2.97. The molecule has 1 atom stereocenters. The Hall–Kier alpha value is -2.77. The summed E-state index contributed by atoms with van der Waals surface area (Å²) in [6.45, 7) is 9.31. The number of anilines is 1. The van der Waals surface area contributed by atoms with Crippen LogP contribution < -0.4 is 4.90 Å². The Morgan fingerprint density at radius 1 is 1.18 bits per heavy atom. The third kappa shape index (κ3) is 4.21. The molecule has 2 saturated heterocycles. The Balaban J connectivity index is 1.71. The minimum absolute atomic E-state index is 0.111. The van der Waals surface area contributed by atoms with Crippen LogP contribution in [0.2, 0.25) is 0 Å². The first-order chi connectivity index (χ1) is 13.2. The molecule has 0 aromatic heterocycles. The number of urea groups is 1. The first kappa shape index (κ1) is 20.0. The minimum Gasteiger partial charge on any atom is -0.462 e. The van der Waals surface area contributed by atoms with Crippen molar-refractivity contribution in [2.45, 2.75) is 39.3 Å². The number of piperazine rings is 1. The molecule has 0 saturated carbocycles. The number of benzene rings is 1. The number of carbonyl (C=O) groups excluding carboxylic acids is 3. The molecule has 3 amide bonds. The van der Waals surface area contributed by atoms with Gasteiger partial charge in [0, 0.05) is 31.9 Å². The highest BCUT2D eigenvalue weighted by molar-refractivity contribution is 5.97. The lowest BCUT2D eigenvalue weighted by Crippen LogP contribution is -2.54. The van der Waals surface area contributed by atoms with Gasteiger partial charge in [0.2, 0.25) is 0 Å². The smallest absolute Gasteiger partial charge is 0.410 e. The van der Waals surface area contributed by atoms with E-state index in [4.69, 9.17) is 9.47 Å². The maximum Gasteiger partial charge on any atom is 0.410 e. The Morgan fingerprint density at radius 2 is 1.93 bits per heavy atom. The van der Waals surface area contributed by atoms with Gasteiger partial charge in [-0.15, -0.1) is 0 Å². The minimum atomic E-state index is -0.556. The summed E-state index contributed by atoms with van der Waals surface area (Å²) in [5.74, 6) is -0.412. The van der Waals surface area contributed by atoms with Crippen molar-refractivity contribution in [2.75, 3.05) is 37.7 Å². The molecule has 0 bridgehead atoms. The Bertz CT molecular complexity index is 773. The van der Waals surface area contributed by atoms with Gasteiger partial charge in [-0.3, -0.25) is 4.90 Å². The van der Waals surface area contributed by atoms with E-state index in [9.17, 15) is 14.4 Å². The fourth-order valence-electron chi connectivity index (χ4n) is 3.43. The molecule has 8 nitrogen and oxygen atoms in total. The third-order valence-electron chi connectivity index (χ3n) is 4.67. The first-order valence-electron chi connectivity index (χ1n) is 9.53. The van der Waals surface area contributed by atoms with Gasteiger partial charge in [0.15, 0.2) is 0 Å². The fraction of sp³-hybridized carbons (Fsp3) is 0.550. The number of amides is 3. The molecule has 0 N–H and O–H groups in total. The molecule has 0 spiro atoms. The monoisotopic (exact) mass is 389 g/mol. The molecule has 0 aliphatic carbocycles. The molecular weight excluding hydrogens is 362 g/mol. The van der Waals surface area contributed by atoms with Crippen LogP contribution in [0, 0.1) is 0 Å². The zero-order valence-electron chi connectivity index (χ0n) is 16.8. The molecule has 1 aromatic rings. The summed E-state index contributed by atoms with van der Waals surface area (Å²) >= 11 is 0. The number of ether oxygens (including phenoxy) is 2. The van der Waals surface area contributed by atoms with E-state index in [1.165, 1.54) is 0 Å². The summed E-state index contributed by atoms with van der Waals surface area (Å²) in [7, 11) is 0. The highest BCUT2D eigenvalue weighted by Crippen LogP contribution is 2.27. The van der Waals surface area contributed by atoms with E-state index in [1.54, 1.807) is 45.9 Å². The van der Waals surface area contributed by atoms with E-state index in [2.05, 4.69) is 0 Å². The van der Waals surface area contributed by atoms with E-state index in [-0.39, 0.29) is 18.2 Å². The van der Waals surface area contributed by atoms with Crippen LogP contribution in [-0.4, -0.2) is 72.3 Å². The van der Waals surface area contributed by atoms with Crippen LogP contribution in [0.15, 0.2) is 24.3 Å². The van der Waals surface area contributed by atoms with Crippen molar-refractivity contribution in [1.82, 2.24) is 9.80 Å². The van der Waals surface area contributed by atoms with Crippen LogP contribution in [0.4, 0.5) is 15.3 Å². The Kier molecular flexibility index (Phi) is 5.49. The van der Waals surface area contributed by atoms with Gasteiger partial charge in [0.1, 0.15) is 5.60 Å². The Labute approximate surface area is 165 Å². The number of carbonyl (C=O) groups is 3.